The van der Waals surface area contributed by atoms with Crippen LogP contribution >= 0.6 is 0 Å². The first-order valence-electron chi connectivity index (χ1n) is 6.17. The molecule has 0 bridgehead atoms. The molecule has 0 atom stereocenters. The van der Waals surface area contributed by atoms with Crippen LogP contribution in [0.5, 0.6) is 0 Å². The number of anilines is 1. The summed E-state index contributed by atoms with van der Waals surface area (Å²) in [6.45, 7) is 10.9. The zero-order chi connectivity index (χ0) is 13.7. The molecule has 4 heteroatoms. The largest absolute Gasteiger partial charge is 0.477 e. The molecular formula is C13H24N2O2. The van der Waals surface area contributed by atoms with Gasteiger partial charge in [0.25, 0.3) is 0 Å². The second-order valence-corrected chi connectivity index (χ2v) is 2.66. The number of nitrogens with zero attached hydrogens (tertiary/aromatic N) is 1. The number of nitrogens with one attached hydrogen (secondary N) is 1. The highest BCUT2D eigenvalue weighted by atomic mass is 16.4. The minimum absolute atomic E-state index is 0.0713. The van der Waals surface area contributed by atoms with E-state index < -0.39 is 5.97 Å². The summed E-state index contributed by atoms with van der Waals surface area (Å²) in [4.78, 5) is 14.2. The fourth-order valence-corrected chi connectivity index (χ4v) is 0.894. The van der Waals surface area contributed by atoms with Crippen LogP contribution in [0.15, 0.2) is 18.3 Å². The Morgan fingerprint density at radius 2 is 1.88 bits per heavy atom. The van der Waals surface area contributed by atoms with Gasteiger partial charge in [-0.1, -0.05) is 34.6 Å². The van der Waals surface area contributed by atoms with Gasteiger partial charge in [-0.25, -0.2) is 9.78 Å². The lowest BCUT2D eigenvalue weighted by Crippen LogP contribution is -2.03. The molecule has 0 radical (unpaired) electrons. The lowest BCUT2D eigenvalue weighted by atomic mass is 10.3. The van der Waals surface area contributed by atoms with Crippen molar-refractivity contribution < 1.29 is 9.90 Å². The normalized spacial score (nSPS) is 8.06. The quantitative estimate of drug-likeness (QED) is 0.843. The van der Waals surface area contributed by atoms with Crippen LogP contribution in [0.3, 0.4) is 0 Å². The molecular weight excluding hydrogens is 216 g/mol. The average molecular weight is 240 g/mol. The van der Waals surface area contributed by atoms with Gasteiger partial charge in [-0.15, -0.1) is 0 Å². The van der Waals surface area contributed by atoms with Gasteiger partial charge in [-0.2, -0.15) is 0 Å². The zero-order valence-electron chi connectivity index (χ0n) is 11.4. The molecule has 2 N–H and O–H groups in total. The third-order valence-electron chi connectivity index (χ3n) is 1.56. The lowest BCUT2D eigenvalue weighted by molar-refractivity contribution is 0.0690. The van der Waals surface area contributed by atoms with Gasteiger partial charge < -0.3 is 10.4 Å². The summed E-state index contributed by atoms with van der Waals surface area (Å²) in [5.41, 5.74) is 0.925. The average Bonchev–Trinajstić information content (AvgIpc) is 2.41. The maximum absolute atomic E-state index is 10.4. The van der Waals surface area contributed by atoms with Gasteiger partial charge in [0, 0.05) is 6.54 Å². The second kappa shape index (κ2) is 12.5. The number of aromatic carboxylic acids is 1. The van der Waals surface area contributed by atoms with Gasteiger partial charge in [0.2, 0.25) is 0 Å². The fourth-order valence-electron chi connectivity index (χ4n) is 0.894. The molecule has 0 saturated carbocycles. The van der Waals surface area contributed by atoms with Crippen molar-refractivity contribution >= 4 is 11.7 Å². The number of rotatable bonds is 4. The Morgan fingerprint density at radius 1 is 1.29 bits per heavy atom. The highest BCUT2D eigenvalue weighted by Crippen LogP contribution is 2.05. The van der Waals surface area contributed by atoms with E-state index in [1.165, 1.54) is 12.3 Å². The minimum atomic E-state index is -0.998. The van der Waals surface area contributed by atoms with Crippen molar-refractivity contribution in [2.75, 3.05) is 11.9 Å². The Balaban J connectivity index is 0. The predicted octanol–water partition coefficient (Wildman–Crippen LogP) is 3.65. The van der Waals surface area contributed by atoms with Crippen LogP contribution in [0.2, 0.25) is 0 Å². The number of pyridine rings is 1. The predicted molar refractivity (Wildman–Crippen MR) is 72.7 cm³/mol. The van der Waals surface area contributed by atoms with Crippen LogP contribution < -0.4 is 5.32 Å². The monoisotopic (exact) mass is 240 g/mol. The molecule has 4 nitrogen and oxygen atoms in total. The lowest BCUT2D eigenvalue weighted by Gasteiger charge is -2.03. The third-order valence-corrected chi connectivity index (χ3v) is 1.56. The molecule has 1 rings (SSSR count). The molecule has 0 aromatic carbocycles. The molecule has 0 saturated heterocycles. The SMILES string of the molecule is CC.CC.CCCNc1ccc(C(=O)O)nc1. The molecule has 0 aliphatic carbocycles. The number of carboxylic acid groups (broad SMARTS) is 1. The highest BCUT2D eigenvalue weighted by Gasteiger charge is 2.02. The molecule has 17 heavy (non-hydrogen) atoms. The minimum Gasteiger partial charge on any atom is -0.477 e. The van der Waals surface area contributed by atoms with Crippen LogP contribution in [-0.2, 0) is 0 Å². The molecule has 98 valence electrons. The molecule has 0 fully saturated rings. The number of hydrogen-bond donors (Lipinski definition) is 2. The third kappa shape index (κ3) is 8.25. The van der Waals surface area contributed by atoms with Gasteiger partial charge >= 0.3 is 5.97 Å². The van der Waals surface area contributed by atoms with Crippen LogP contribution in [0.4, 0.5) is 5.69 Å². The van der Waals surface area contributed by atoms with Gasteiger partial charge in [0.15, 0.2) is 0 Å². The summed E-state index contributed by atoms with van der Waals surface area (Å²) in [5, 5.41) is 11.7. The highest BCUT2D eigenvalue weighted by molar-refractivity contribution is 5.85. The van der Waals surface area contributed by atoms with Crippen LogP contribution in [0, 0.1) is 0 Å². The molecule has 0 aliphatic rings. The van der Waals surface area contributed by atoms with E-state index in [1.54, 1.807) is 6.07 Å². The van der Waals surface area contributed by atoms with E-state index in [-0.39, 0.29) is 5.69 Å². The van der Waals surface area contributed by atoms with E-state index in [9.17, 15) is 4.79 Å². The van der Waals surface area contributed by atoms with Crippen LogP contribution in [0.1, 0.15) is 51.5 Å². The molecule has 0 spiro atoms. The number of carboxylic acids is 1. The molecule has 0 unspecified atom stereocenters. The maximum atomic E-state index is 10.4. The van der Waals surface area contributed by atoms with Crippen LogP contribution in [0.25, 0.3) is 0 Å². The molecule has 0 amide bonds. The first-order chi connectivity index (χ1) is 8.24. The number of hydrogen-bond acceptors (Lipinski definition) is 3. The van der Waals surface area contributed by atoms with Crippen molar-refractivity contribution in [3.8, 4) is 0 Å². The maximum Gasteiger partial charge on any atom is 0.354 e. The van der Waals surface area contributed by atoms with Crippen molar-refractivity contribution in [1.29, 1.82) is 0 Å². The summed E-state index contributed by atoms with van der Waals surface area (Å²) in [6, 6.07) is 3.20. The number of aromatic nitrogens is 1. The summed E-state index contributed by atoms with van der Waals surface area (Å²) in [7, 11) is 0. The second-order valence-electron chi connectivity index (χ2n) is 2.66. The Labute approximate surface area is 104 Å². The number of carbonyl (C=O) groups is 1. The standard InChI is InChI=1S/C9H12N2O2.2C2H6/c1-2-5-10-7-3-4-8(9(12)13)11-6-7;2*1-2/h3-4,6,10H,2,5H2,1H3,(H,12,13);2*1-2H3. The van der Waals surface area contributed by atoms with Gasteiger partial charge in [0.1, 0.15) is 5.69 Å². The summed E-state index contributed by atoms with van der Waals surface area (Å²) in [6.07, 6.45) is 2.56. The Bertz CT molecular complexity index is 284. The molecule has 1 aromatic rings. The van der Waals surface area contributed by atoms with E-state index in [0.717, 1.165) is 18.7 Å². The van der Waals surface area contributed by atoms with Gasteiger partial charge in [0.05, 0.1) is 11.9 Å². The zero-order valence-corrected chi connectivity index (χ0v) is 11.4. The molecule has 1 aromatic heterocycles. The fraction of sp³-hybridized carbons (Fsp3) is 0.538. The van der Waals surface area contributed by atoms with E-state index in [4.69, 9.17) is 5.11 Å². The summed E-state index contributed by atoms with van der Waals surface area (Å²) < 4.78 is 0. The van der Waals surface area contributed by atoms with E-state index >= 15 is 0 Å². The van der Waals surface area contributed by atoms with Crippen molar-refractivity contribution in [1.82, 2.24) is 4.98 Å². The van der Waals surface area contributed by atoms with E-state index in [0.29, 0.717) is 0 Å². The van der Waals surface area contributed by atoms with Crippen molar-refractivity contribution in [2.45, 2.75) is 41.0 Å². The van der Waals surface area contributed by atoms with Gasteiger partial charge in [-0.05, 0) is 18.6 Å². The molecule has 0 aliphatic heterocycles. The Kier molecular flexibility index (Phi) is 13.1. The van der Waals surface area contributed by atoms with Crippen molar-refractivity contribution in [3.63, 3.8) is 0 Å². The van der Waals surface area contributed by atoms with Crippen LogP contribution in [-0.4, -0.2) is 22.6 Å². The van der Waals surface area contributed by atoms with Crippen molar-refractivity contribution in [2.24, 2.45) is 0 Å². The Morgan fingerprint density at radius 3 is 2.24 bits per heavy atom. The summed E-state index contributed by atoms with van der Waals surface area (Å²) >= 11 is 0. The van der Waals surface area contributed by atoms with E-state index in [1.807, 2.05) is 27.7 Å². The Hall–Kier alpha value is -1.58. The topological polar surface area (TPSA) is 62.2 Å². The summed E-state index contributed by atoms with van der Waals surface area (Å²) in [5.74, 6) is -0.998. The van der Waals surface area contributed by atoms with Gasteiger partial charge in [-0.3, -0.25) is 0 Å². The van der Waals surface area contributed by atoms with Crippen molar-refractivity contribution in [3.05, 3.63) is 24.0 Å². The smallest absolute Gasteiger partial charge is 0.354 e. The first kappa shape index (κ1) is 17.8. The first-order valence-corrected chi connectivity index (χ1v) is 6.17. The van der Waals surface area contributed by atoms with E-state index in [2.05, 4.69) is 17.2 Å². The molecule has 1 heterocycles.